The van der Waals surface area contributed by atoms with Gasteiger partial charge >= 0.3 is 0 Å². The zero-order chi connectivity index (χ0) is 12.8. The van der Waals surface area contributed by atoms with Gasteiger partial charge in [0.15, 0.2) is 0 Å². The molecule has 18 heavy (non-hydrogen) atoms. The number of benzene rings is 1. The first-order valence-electron chi connectivity index (χ1n) is 6.17. The minimum Gasteiger partial charge on any atom is -0.310 e. The Morgan fingerprint density at radius 1 is 1.33 bits per heavy atom. The van der Waals surface area contributed by atoms with Crippen molar-refractivity contribution in [3.05, 3.63) is 51.4 Å². The summed E-state index contributed by atoms with van der Waals surface area (Å²) in [6.07, 6.45) is 3.91. The number of hydrogen-bond donors (Lipinski definition) is 1. The average molecular weight is 281 g/mol. The van der Waals surface area contributed by atoms with Crippen molar-refractivity contribution >= 4 is 22.9 Å². The molecule has 1 atom stereocenters. The van der Waals surface area contributed by atoms with E-state index in [1.165, 1.54) is 10.6 Å². The Bertz CT molecular complexity index is 453. The third kappa shape index (κ3) is 3.80. The summed E-state index contributed by atoms with van der Waals surface area (Å²) < 4.78 is 0. The van der Waals surface area contributed by atoms with Crippen LogP contribution >= 0.6 is 22.9 Å². The third-order valence-electron chi connectivity index (χ3n) is 2.89. The largest absolute Gasteiger partial charge is 0.310 e. The highest BCUT2D eigenvalue weighted by molar-refractivity contribution is 7.09. The SMILES string of the molecule is CCC(NCCc1nccs1)c1ccc(Cl)cc1. The van der Waals surface area contributed by atoms with Crippen molar-refractivity contribution in [2.24, 2.45) is 0 Å². The molecule has 0 aliphatic rings. The molecule has 0 radical (unpaired) electrons. The van der Waals surface area contributed by atoms with Gasteiger partial charge in [-0.25, -0.2) is 4.98 Å². The quantitative estimate of drug-likeness (QED) is 0.862. The minimum absolute atomic E-state index is 0.391. The first-order valence-corrected chi connectivity index (χ1v) is 7.42. The standard InChI is InChI=1S/C14H17ClN2S/c1-2-13(11-3-5-12(15)6-4-11)16-8-7-14-17-9-10-18-14/h3-6,9-10,13,16H,2,7-8H2,1H3. The van der Waals surface area contributed by atoms with E-state index >= 15 is 0 Å². The van der Waals surface area contributed by atoms with Crippen LogP contribution in [0.1, 0.15) is 30.0 Å². The third-order valence-corrected chi connectivity index (χ3v) is 3.99. The number of aromatic nitrogens is 1. The molecular formula is C14H17ClN2S. The number of thiazole rings is 1. The van der Waals surface area contributed by atoms with Gasteiger partial charge in [-0.15, -0.1) is 11.3 Å². The smallest absolute Gasteiger partial charge is 0.0937 e. The molecule has 2 nitrogen and oxygen atoms in total. The van der Waals surface area contributed by atoms with Crippen molar-refractivity contribution in [2.75, 3.05) is 6.54 Å². The Morgan fingerprint density at radius 2 is 2.11 bits per heavy atom. The van der Waals surface area contributed by atoms with Crippen LogP contribution in [-0.4, -0.2) is 11.5 Å². The second-order valence-corrected chi connectivity index (χ2v) is 5.56. The molecule has 0 bridgehead atoms. The van der Waals surface area contributed by atoms with E-state index in [1.54, 1.807) is 11.3 Å². The fourth-order valence-electron chi connectivity index (χ4n) is 1.92. The summed E-state index contributed by atoms with van der Waals surface area (Å²) in [7, 11) is 0. The first-order chi connectivity index (χ1) is 8.79. The van der Waals surface area contributed by atoms with E-state index in [2.05, 4.69) is 29.4 Å². The predicted molar refractivity (Wildman–Crippen MR) is 78.3 cm³/mol. The Hall–Kier alpha value is -0.900. The highest BCUT2D eigenvalue weighted by atomic mass is 35.5. The van der Waals surface area contributed by atoms with E-state index in [9.17, 15) is 0 Å². The fourth-order valence-corrected chi connectivity index (χ4v) is 2.67. The highest BCUT2D eigenvalue weighted by Crippen LogP contribution is 2.19. The summed E-state index contributed by atoms with van der Waals surface area (Å²) >= 11 is 7.62. The van der Waals surface area contributed by atoms with Crippen LogP contribution in [0.3, 0.4) is 0 Å². The number of rotatable bonds is 6. The Morgan fingerprint density at radius 3 is 2.72 bits per heavy atom. The van der Waals surface area contributed by atoms with Crippen molar-refractivity contribution in [3.63, 3.8) is 0 Å². The van der Waals surface area contributed by atoms with E-state index in [0.29, 0.717) is 6.04 Å². The maximum atomic E-state index is 5.90. The van der Waals surface area contributed by atoms with Gasteiger partial charge in [0.1, 0.15) is 0 Å². The second-order valence-electron chi connectivity index (χ2n) is 4.14. The van der Waals surface area contributed by atoms with E-state index in [4.69, 9.17) is 11.6 Å². The van der Waals surface area contributed by atoms with Crippen LogP contribution in [-0.2, 0) is 6.42 Å². The van der Waals surface area contributed by atoms with Crippen LogP contribution in [0.2, 0.25) is 5.02 Å². The molecule has 0 spiro atoms. The van der Waals surface area contributed by atoms with Crippen molar-refractivity contribution in [1.29, 1.82) is 0 Å². The van der Waals surface area contributed by atoms with Crippen molar-refractivity contribution < 1.29 is 0 Å². The summed E-state index contributed by atoms with van der Waals surface area (Å²) in [6, 6.07) is 8.46. The molecule has 0 aliphatic heterocycles. The molecule has 0 fully saturated rings. The normalized spacial score (nSPS) is 12.6. The molecule has 4 heteroatoms. The Labute approximate surface area is 117 Å². The molecule has 0 amide bonds. The summed E-state index contributed by atoms with van der Waals surface area (Å²) in [5, 5.41) is 7.56. The summed E-state index contributed by atoms with van der Waals surface area (Å²) in [6.45, 7) is 3.14. The maximum absolute atomic E-state index is 5.90. The monoisotopic (exact) mass is 280 g/mol. The average Bonchev–Trinajstić information content (AvgIpc) is 2.89. The van der Waals surface area contributed by atoms with E-state index < -0.39 is 0 Å². The molecule has 96 valence electrons. The highest BCUT2D eigenvalue weighted by Gasteiger charge is 2.08. The molecule has 1 aromatic carbocycles. The lowest BCUT2D eigenvalue weighted by molar-refractivity contribution is 0.522. The zero-order valence-electron chi connectivity index (χ0n) is 10.4. The number of nitrogens with zero attached hydrogens (tertiary/aromatic N) is 1. The molecule has 0 saturated heterocycles. The van der Waals surface area contributed by atoms with Gasteiger partial charge in [0.05, 0.1) is 5.01 Å². The van der Waals surface area contributed by atoms with Crippen LogP contribution in [0.5, 0.6) is 0 Å². The lowest BCUT2D eigenvalue weighted by atomic mass is 10.0. The number of hydrogen-bond acceptors (Lipinski definition) is 3. The molecule has 0 saturated carbocycles. The molecule has 2 rings (SSSR count). The molecule has 1 N–H and O–H groups in total. The molecular weight excluding hydrogens is 264 g/mol. The van der Waals surface area contributed by atoms with Crippen molar-refractivity contribution in [2.45, 2.75) is 25.8 Å². The van der Waals surface area contributed by atoms with Gasteiger partial charge in [0.25, 0.3) is 0 Å². The Kier molecular flexibility index (Phi) is 5.17. The van der Waals surface area contributed by atoms with Crippen LogP contribution < -0.4 is 5.32 Å². The van der Waals surface area contributed by atoms with Crippen LogP contribution in [0, 0.1) is 0 Å². The second kappa shape index (κ2) is 6.88. The summed E-state index contributed by atoms with van der Waals surface area (Å²) in [4.78, 5) is 4.28. The lowest BCUT2D eigenvalue weighted by Crippen LogP contribution is -2.23. The topological polar surface area (TPSA) is 24.9 Å². The summed E-state index contributed by atoms with van der Waals surface area (Å²) in [5.41, 5.74) is 1.29. The molecule has 1 unspecified atom stereocenters. The number of nitrogens with one attached hydrogen (secondary N) is 1. The minimum atomic E-state index is 0.391. The van der Waals surface area contributed by atoms with Crippen LogP contribution in [0.15, 0.2) is 35.8 Å². The molecule has 2 aromatic rings. The zero-order valence-corrected chi connectivity index (χ0v) is 12.0. The number of halogens is 1. The van der Waals surface area contributed by atoms with Gasteiger partial charge in [-0.3, -0.25) is 0 Å². The predicted octanol–water partition coefficient (Wildman–Crippen LogP) is 4.08. The van der Waals surface area contributed by atoms with Crippen molar-refractivity contribution in [3.8, 4) is 0 Å². The molecule has 0 aliphatic carbocycles. The van der Waals surface area contributed by atoms with Gasteiger partial charge in [-0.05, 0) is 24.1 Å². The van der Waals surface area contributed by atoms with E-state index in [-0.39, 0.29) is 0 Å². The van der Waals surface area contributed by atoms with Gasteiger partial charge in [-0.2, -0.15) is 0 Å². The Balaban J connectivity index is 1.87. The van der Waals surface area contributed by atoms with E-state index in [0.717, 1.165) is 24.4 Å². The molecule has 1 heterocycles. The van der Waals surface area contributed by atoms with E-state index in [1.807, 2.05) is 23.7 Å². The van der Waals surface area contributed by atoms with Gasteiger partial charge in [0, 0.05) is 35.6 Å². The van der Waals surface area contributed by atoms with Gasteiger partial charge in [-0.1, -0.05) is 30.7 Å². The maximum Gasteiger partial charge on any atom is 0.0937 e. The summed E-state index contributed by atoms with van der Waals surface area (Å²) in [5.74, 6) is 0. The van der Waals surface area contributed by atoms with Crippen LogP contribution in [0.25, 0.3) is 0 Å². The van der Waals surface area contributed by atoms with Gasteiger partial charge in [0.2, 0.25) is 0 Å². The van der Waals surface area contributed by atoms with Crippen molar-refractivity contribution in [1.82, 2.24) is 10.3 Å². The van der Waals surface area contributed by atoms with Crippen LogP contribution in [0.4, 0.5) is 0 Å². The lowest BCUT2D eigenvalue weighted by Gasteiger charge is -2.17. The van der Waals surface area contributed by atoms with Gasteiger partial charge < -0.3 is 5.32 Å². The fraction of sp³-hybridized carbons (Fsp3) is 0.357. The molecule has 1 aromatic heterocycles. The first kappa shape index (κ1) is 13.5.